The van der Waals surface area contributed by atoms with E-state index in [9.17, 15) is 9.59 Å². The SMILES string of the molecule is CCC(=O)N(C)CC(=O)N(C)c1ccc(C(C)C)c(C)c1. The Morgan fingerprint density at radius 2 is 1.76 bits per heavy atom. The van der Waals surface area contributed by atoms with Crippen LogP contribution in [0.3, 0.4) is 0 Å². The van der Waals surface area contributed by atoms with E-state index in [0.717, 1.165) is 5.69 Å². The van der Waals surface area contributed by atoms with E-state index in [0.29, 0.717) is 12.3 Å². The second kappa shape index (κ2) is 7.25. The maximum absolute atomic E-state index is 12.2. The van der Waals surface area contributed by atoms with E-state index < -0.39 is 0 Å². The first kappa shape index (κ1) is 17.2. The molecule has 4 heteroatoms. The summed E-state index contributed by atoms with van der Waals surface area (Å²) in [5, 5.41) is 0. The van der Waals surface area contributed by atoms with Crippen molar-refractivity contribution in [1.82, 2.24) is 4.90 Å². The molecule has 0 unspecified atom stereocenters. The Kier molecular flexibility index (Phi) is 5.94. The van der Waals surface area contributed by atoms with Crippen molar-refractivity contribution in [3.8, 4) is 0 Å². The van der Waals surface area contributed by atoms with Crippen LogP contribution in [0.1, 0.15) is 44.2 Å². The lowest BCUT2D eigenvalue weighted by Gasteiger charge is -2.23. The number of anilines is 1. The molecule has 0 heterocycles. The quantitative estimate of drug-likeness (QED) is 0.836. The van der Waals surface area contributed by atoms with Gasteiger partial charge in [-0.05, 0) is 36.1 Å². The molecule has 0 saturated heterocycles. The summed E-state index contributed by atoms with van der Waals surface area (Å²) in [6.45, 7) is 8.27. The number of nitrogens with zero attached hydrogens (tertiary/aromatic N) is 2. The molecule has 0 atom stereocenters. The van der Waals surface area contributed by atoms with Crippen LogP contribution in [0.2, 0.25) is 0 Å². The Bertz CT molecular complexity index is 524. The van der Waals surface area contributed by atoms with Crippen molar-refractivity contribution in [2.24, 2.45) is 0 Å². The fraction of sp³-hybridized carbons (Fsp3) is 0.529. The first-order valence-electron chi connectivity index (χ1n) is 7.39. The predicted octanol–water partition coefficient (Wildman–Crippen LogP) is 2.95. The van der Waals surface area contributed by atoms with Gasteiger partial charge in [0.25, 0.3) is 0 Å². The first-order chi connectivity index (χ1) is 9.77. The van der Waals surface area contributed by atoms with Gasteiger partial charge < -0.3 is 9.80 Å². The molecule has 4 nitrogen and oxygen atoms in total. The standard InChI is InChI=1S/C17H26N2O2/c1-7-16(20)18(5)11-17(21)19(6)14-8-9-15(12(2)3)13(4)10-14/h8-10,12H,7,11H2,1-6H3. The van der Waals surface area contributed by atoms with Crippen LogP contribution in [0.4, 0.5) is 5.69 Å². The molecule has 0 aliphatic heterocycles. The molecule has 2 amide bonds. The number of likely N-dealkylation sites (N-methyl/N-ethyl adjacent to an activating group) is 2. The minimum absolute atomic E-state index is 0.0249. The third-order valence-electron chi connectivity index (χ3n) is 3.74. The van der Waals surface area contributed by atoms with Gasteiger partial charge in [-0.15, -0.1) is 0 Å². The highest BCUT2D eigenvalue weighted by atomic mass is 16.2. The van der Waals surface area contributed by atoms with Crippen molar-refractivity contribution >= 4 is 17.5 Å². The van der Waals surface area contributed by atoms with Crippen molar-refractivity contribution in [2.75, 3.05) is 25.5 Å². The number of benzene rings is 1. The predicted molar refractivity (Wildman–Crippen MR) is 86.6 cm³/mol. The fourth-order valence-electron chi connectivity index (χ4n) is 2.33. The van der Waals surface area contributed by atoms with Crippen LogP contribution in [0.25, 0.3) is 0 Å². The van der Waals surface area contributed by atoms with E-state index in [-0.39, 0.29) is 18.4 Å². The Labute approximate surface area is 127 Å². The monoisotopic (exact) mass is 290 g/mol. The molecule has 0 fully saturated rings. The van der Waals surface area contributed by atoms with Gasteiger partial charge >= 0.3 is 0 Å². The van der Waals surface area contributed by atoms with Crippen molar-refractivity contribution in [3.63, 3.8) is 0 Å². The van der Waals surface area contributed by atoms with Crippen LogP contribution in [0, 0.1) is 6.92 Å². The molecule has 0 spiro atoms. The summed E-state index contributed by atoms with van der Waals surface area (Å²) in [5.74, 6) is 0.354. The average Bonchev–Trinajstić information content (AvgIpc) is 2.44. The molecule has 0 bridgehead atoms. The summed E-state index contributed by atoms with van der Waals surface area (Å²) in [7, 11) is 3.40. The molecule has 0 radical (unpaired) electrons. The zero-order valence-electron chi connectivity index (χ0n) is 13.9. The number of carbonyl (C=O) groups is 2. The van der Waals surface area contributed by atoms with Crippen LogP contribution in [0.5, 0.6) is 0 Å². The zero-order chi connectivity index (χ0) is 16.2. The number of amides is 2. The van der Waals surface area contributed by atoms with Crippen molar-refractivity contribution in [3.05, 3.63) is 29.3 Å². The zero-order valence-corrected chi connectivity index (χ0v) is 13.9. The summed E-state index contributed by atoms with van der Waals surface area (Å²) in [5.41, 5.74) is 3.33. The van der Waals surface area contributed by atoms with E-state index in [1.807, 2.05) is 12.1 Å². The second-order valence-corrected chi connectivity index (χ2v) is 5.75. The summed E-state index contributed by atoms with van der Waals surface area (Å²) in [4.78, 5) is 26.8. The van der Waals surface area contributed by atoms with Gasteiger partial charge in [0.15, 0.2) is 0 Å². The highest BCUT2D eigenvalue weighted by Gasteiger charge is 2.16. The molecule has 21 heavy (non-hydrogen) atoms. The molecule has 0 N–H and O–H groups in total. The minimum atomic E-state index is -0.0870. The lowest BCUT2D eigenvalue weighted by Crippen LogP contribution is -2.39. The van der Waals surface area contributed by atoms with Crippen LogP contribution in [-0.2, 0) is 9.59 Å². The lowest BCUT2D eigenvalue weighted by molar-refractivity contribution is -0.133. The molecule has 1 aromatic rings. The average molecular weight is 290 g/mol. The van der Waals surface area contributed by atoms with Crippen LogP contribution < -0.4 is 4.90 Å². The van der Waals surface area contributed by atoms with E-state index in [1.54, 1.807) is 25.9 Å². The highest BCUT2D eigenvalue weighted by molar-refractivity contribution is 5.96. The van der Waals surface area contributed by atoms with E-state index in [4.69, 9.17) is 0 Å². The molecular weight excluding hydrogens is 264 g/mol. The van der Waals surface area contributed by atoms with Gasteiger partial charge in [0.05, 0.1) is 6.54 Å². The Morgan fingerprint density at radius 1 is 1.14 bits per heavy atom. The molecule has 1 rings (SSSR count). The Morgan fingerprint density at radius 3 is 2.24 bits per heavy atom. The summed E-state index contributed by atoms with van der Waals surface area (Å²) >= 11 is 0. The van der Waals surface area contributed by atoms with Crippen LogP contribution >= 0.6 is 0 Å². The third-order valence-corrected chi connectivity index (χ3v) is 3.74. The number of hydrogen-bond donors (Lipinski definition) is 0. The molecular formula is C17H26N2O2. The van der Waals surface area contributed by atoms with E-state index in [1.165, 1.54) is 16.0 Å². The second-order valence-electron chi connectivity index (χ2n) is 5.75. The summed E-state index contributed by atoms with van der Waals surface area (Å²) < 4.78 is 0. The maximum atomic E-state index is 12.2. The largest absolute Gasteiger partial charge is 0.336 e. The minimum Gasteiger partial charge on any atom is -0.336 e. The highest BCUT2D eigenvalue weighted by Crippen LogP contribution is 2.24. The van der Waals surface area contributed by atoms with E-state index in [2.05, 4.69) is 26.8 Å². The number of rotatable bonds is 5. The van der Waals surface area contributed by atoms with E-state index >= 15 is 0 Å². The van der Waals surface area contributed by atoms with Gasteiger partial charge in [-0.3, -0.25) is 9.59 Å². The first-order valence-corrected chi connectivity index (χ1v) is 7.39. The lowest BCUT2D eigenvalue weighted by atomic mass is 9.97. The third kappa shape index (κ3) is 4.31. The topological polar surface area (TPSA) is 40.6 Å². The summed E-state index contributed by atoms with van der Waals surface area (Å²) in [6, 6.07) is 6.05. The molecule has 116 valence electrons. The van der Waals surface area contributed by atoms with Crippen LogP contribution in [-0.4, -0.2) is 37.4 Å². The number of hydrogen-bond acceptors (Lipinski definition) is 2. The van der Waals surface area contributed by atoms with Gasteiger partial charge in [0.1, 0.15) is 0 Å². The smallest absolute Gasteiger partial charge is 0.246 e. The van der Waals surface area contributed by atoms with Gasteiger partial charge in [0, 0.05) is 26.2 Å². The fourth-order valence-corrected chi connectivity index (χ4v) is 2.33. The maximum Gasteiger partial charge on any atom is 0.246 e. The van der Waals surface area contributed by atoms with Gasteiger partial charge in [-0.1, -0.05) is 26.8 Å². The molecule has 1 aromatic carbocycles. The van der Waals surface area contributed by atoms with Crippen molar-refractivity contribution < 1.29 is 9.59 Å². The number of carbonyl (C=O) groups excluding carboxylic acids is 2. The van der Waals surface area contributed by atoms with Gasteiger partial charge in [0.2, 0.25) is 11.8 Å². The van der Waals surface area contributed by atoms with Crippen molar-refractivity contribution in [1.29, 1.82) is 0 Å². The molecule has 0 saturated carbocycles. The normalized spacial score (nSPS) is 10.6. The molecule has 0 aliphatic rings. The number of aryl methyl sites for hydroxylation is 1. The van der Waals surface area contributed by atoms with Crippen molar-refractivity contribution in [2.45, 2.75) is 40.0 Å². The molecule has 0 aliphatic carbocycles. The van der Waals surface area contributed by atoms with Gasteiger partial charge in [-0.2, -0.15) is 0 Å². The Balaban J connectivity index is 2.83. The van der Waals surface area contributed by atoms with Gasteiger partial charge in [-0.25, -0.2) is 0 Å². The summed E-state index contributed by atoms with van der Waals surface area (Å²) in [6.07, 6.45) is 0.412. The van der Waals surface area contributed by atoms with Crippen LogP contribution in [0.15, 0.2) is 18.2 Å². The molecule has 0 aromatic heterocycles. The Hall–Kier alpha value is -1.84.